The molecule has 2 atom stereocenters. The van der Waals surface area contributed by atoms with E-state index >= 15 is 0 Å². The molecule has 0 aromatic heterocycles. The summed E-state index contributed by atoms with van der Waals surface area (Å²) in [7, 11) is 0. The third-order valence-electron chi connectivity index (χ3n) is 1.43. The monoisotopic (exact) mass is 204 g/mol. The zero-order chi connectivity index (χ0) is 9.68. The second-order valence-electron chi connectivity index (χ2n) is 2.41. The summed E-state index contributed by atoms with van der Waals surface area (Å²) in [6.45, 7) is 0. The molecule has 0 bridgehead atoms. The molecule has 0 amide bonds. The summed E-state index contributed by atoms with van der Waals surface area (Å²) in [5, 5.41) is 0. The minimum absolute atomic E-state index is 0.0207. The molecule has 0 radical (unpaired) electrons. The van der Waals surface area contributed by atoms with Crippen molar-refractivity contribution in [3.63, 3.8) is 0 Å². The highest BCUT2D eigenvalue weighted by atomic mass is 32.2. The Morgan fingerprint density at radius 1 is 1.46 bits per heavy atom. The Balaban J connectivity index is 2.45. The van der Waals surface area contributed by atoms with Gasteiger partial charge in [-0.05, 0) is 5.56 Å². The van der Waals surface area contributed by atoms with Gasteiger partial charge in [0, 0.05) is 6.42 Å². The summed E-state index contributed by atoms with van der Waals surface area (Å²) >= 11 is -2.54. The highest BCUT2D eigenvalue weighted by molar-refractivity contribution is 7.74. The minimum atomic E-state index is -2.54. The second-order valence-corrected chi connectivity index (χ2v) is 3.04. The molecule has 0 aliphatic heterocycles. The molecule has 72 valence electrons. The lowest BCUT2D eigenvalue weighted by Crippen LogP contribution is -2.11. The van der Waals surface area contributed by atoms with Gasteiger partial charge in [0.05, 0.1) is 0 Å². The molecule has 5 heteroatoms. The highest BCUT2D eigenvalue weighted by Crippen LogP contribution is 2.07. The van der Waals surface area contributed by atoms with Crippen molar-refractivity contribution < 1.29 is 17.3 Å². The summed E-state index contributed by atoms with van der Waals surface area (Å²) in [5.74, 6) is 0. The fourth-order valence-corrected chi connectivity index (χ4v) is 1.17. The normalized spacial score (nSPS) is 15.2. The Bertz CT molecular complexity index is 278. The van der Waals surface area contributed by atoms with E-state index in [0.29, 0.717) is 0 Å². The van der Waals surface area contributed by atoms with Gasteiger partial charge in [0.1, 0.15) is 0 Å². The first-order chi connectivity index (χ1) is 6.18. The molecule has 0 aliphatic rings. The zero-order valence-electron chi connectivity index (χ0n) is 6.72. The van der Waals surface area contributed by atoms with Crippen molar-refractivity contribution in [3.8, 4) is 0 Å². The first kappa shape index (κ1) is 10.3. The van der Waals surface area contributed by atoms with Crippen LogP contribution in [-0.4, -0.2) is 15.1 Å². The first-order valence-corrected chi connectivity index (χ1v) is 4.67. The van der Waals surface area contributed by atoms with E-state index in [1.54, 1.807) is 24.3 Å². The molecular formula is C8H9FO3S. The number of hydrogen-bond acceptors (Lipinski definition) is 2. The minimum Gasteiger partial charge on any atom is -0.284 e. The standard InChI is InChI=1S/C8H9FO3S/c9-8(12-13(10)11)6-7-4-2-1-3-5-7/h1-5,8H,6H2,(H,10,11). The molecule has 3 nitrogen and oxygen atoms in total. The van der Waals surface area contributed by atoms with E-state index in [9.17, 15) is 8.60 Å². The van der Waals surface area contributed by atoms with Gasteiger partial charge in [-0.3, -0.25) is 4.55 Å². The van der Waals surface area contributed by atoms with Gasteiger partial charge in [0.15, 0.2) is 0 Å². The van der Waals surface area contributed by atoms with Gasteiger partial charge in [-0.2, -0.15) is 4.21 Å². The van der Waals surface area contributed by atoms with Crippen LogP contribution in [0.1, 0.15) is 5.56 Å². The van der Waals surface area contributed by atoms with E-state index < -0.39 is 17.7 Å². The van der Waals surface area contributed by atoms with E-state index in [2.05, 4.69) is 4.18 Å². The molecule has 0 fully saturated rings. The topological polar surface area (TPSA) is 46.5 Å². The number of alkyl halides is 1. The van der Waals surface area contributed by atoms with E-state index in [-0.39, 0.29) is 6.42 Å². The SMILES string of the molecule is O=S(O)OC(F)Cc1ccccc1. The zero-order valence-corrected chi connectivity index (χ0v) is 7.54. The van der Waals surface area contributed by atoms with Crippen molar-refractivity contribution in [2.45, 2.75) is 12.8 Å². The average Bonchev–Trinajstić information content (AvgIpc) is 2.04. The van der Waals surface area contributed by atoms with Crippen molar-refractivity contribution in [1.82, 2.24) is 0 Å². The number of benzene rings is 1. The van der Waals surface area contributed by atoms with E-state index in [0.717, 1.165) is 5.56 Å². The van der Waals surface area contributed by atoms with Crippen molar-refractivity contribution >= 4 is 11.4 Å². The third kappa shape index (κ3) is 4.12. The van der Waals surface area contributed by atoms with Gasteiger partial charge in [-0.1, -0.05) is 30.3 Å². The number of halogens is 1. The fraction of sp³-hybridized carbons (Fsp3) is 0.250. The molecule has 1 N–H and O–H groups in total. The lowest BCUT2D eigenvalue weighted by Gasteiger charge is -2.05. The van der Waals surface area contributed by atoms with Gasteiger partial charge >= 0.3 is 11.4 Å². The lowest BCUT2D eigenvalue weighted by molar-refractivity contribution is 0.0730. The first-order valence-electron chi connectivity index (χ1n) is 3.64. The van der Waals surface area contributed by atoms with Gasteiger partial charge in [0.2, 0.25) is 6.36 Å². The molecule has 0 saturated heterocycles. The maximum Gasteiger partial charge on any atom is 0.304 e. The molecule has 0 heterocycles. The van der Waals surface area contributed by atoms with Gasteiger partial charge < -0.3 is 0 Å². The van der Waals surface area contributed by atoms with Crippen LogP contribution in [0.3, 0.4) is 0 Å². The molecule has 0 aliphatic carbocycles. The molecule has 1 aromatic carbocycles. The summed E-state index contributed by atoms with van der Waals surface area (Å²) in [6, 6.07) is 8.77. The molecule has 0 spiro atoms. The van der Waals surface area contributed by atoms with E-state index in [1.165, 1.54) is 0 Å². The van der Waals surface area contributed by atoms with Crippen LogP contribution in [0.4, 0.5) is 4.39 Å². The summed E-state index contributed by atoms with van der Waals surface area (Å²) in [4.78, 5) is 0. The van der Waals surface area contributed by atoms with Crippen LogP contribution in [-0.2, 0) is 22.0 Å². The Kier molecular flexibility index (Phi) is 4.01. The number of rotatable bonds is 4. The van der Waals surface area contributed by atoms with Crippen LogP contribution in [0, 0.1) is 0 Å². The van der Waals surface area contributed by atoms with Crippen LogP contribution < -0.4 is 0 Å². The van der Waals surface area contributed by atoms with Crippen molar-refractivity contribution in [2.75, 3.05) is 0 Å². The summed E-state index contributed by atoms with van der Waals surface area (Å²) in [5.41, 5.74) is 0.723. The largest absolute Gasteiger partial charge is 0.304 e. The molecular weight excluding hydrogens is 195 g/mol. The Hall–Kier alpha value is -0.780. The van der Waals surface area contributed by atoms with Crippen LogP contribution >= 0.6 is 0 Å². The van der Waals surface area contributed by atoms with Crippen LogP contribution in [0.15, 0.2) is 30.3 Å². The van der Waals surface area contributed by atoms with Crippen LogP contribution in [0.5, 0.6) is 0 Å². The molecule has 1 rings (SSSR count). The molecule has 1 aromatic rings. The maximum absolute atomic E-state index is 12.8. The molecule has 0 saturated carbocycles. The van der Waals surface area contributed by atoms with Gasteiger partial charge in [0.25, 0.3) is 0 Å². The van der Waals surface area contributed by atoms with Gasteiger partial charge in [-0.15, -0.1) is 0 Å². The summed E-state index contributed by atoms with van der Waals surface area (Å²) < 4.78 is 35.0. The maximum atomic E-state index is 12.8. The smallest absolute Gasteiger partial charge is 0.284 e. The Morgan fingerprint density at radius 2 is 2.08 bits per heavy atom. The second kappa shape index (κ2) is 5.06. The van der Waals surface area contributed by atoms with Crippen molar-refractivity contribution in [3.05, 3.63) is 35.9 Å². The predicted octanol–water partition coefficient (Wildman–Crippen LogP) is 1.68. The molecule has 13 heavy (non-hydrogen) atoms. The lowest BCUT2D eigenvalue weighted by atomic mass is 10.2. The highest BCUT2D eigenvalue weighted by Gasteiger charge is 2.10. The van der Waals surface area contributed by atoms with Crippen molar-refractivity contribution in [1.29, 1.82) is 0 Å². The van der Waals surface area contributed by atoms with Crippen LogP contribution in [0.25, 0.3) is 0 Å². The van der Waals surface area contributed by atoms with Crippen LogP contribution in [0.2, 0.25) is 0 Å². The quantitative estimate of drug-likeness (QED) is 0.759. The predicted molar refractivity (Wildman–Crippen MR) is 46.9 cm³/mol. The number of hydrogen-bond donors (Lipinski definition) is 1. The Labute approximate surface area is 78.0 Å². The van der Waals surface area contributed by atoms with Crippen molar-refractivity contribution in [2.24, 2.45) is 0 Å². The van der Waals surface area contributed by atoms with E-state index in [4.69, 9.17) is 4.55 Å². The van der Waals surface area contributed by atoms with Gasteiger partial charge in [-0.25, -0.2) is 8.57 Å². The Morgan fingerprint density at radius 3 is 2.62 bits per heavy atom. The molecule has 2 unspecified atom stereocenters. The fourth-order valence-electron chi connectivity index (χ4n) is 0.923. The summed E-state index contributed by atoms with van der Waals surface area (Å²) in [6.07, 6.45) is -1.76. The third-order valence-corrected chi connectivity index (χ3v) is 1.80. The average molecular weight is 204 g/mol. The van der Waals surface area contributed by atoms with E-state index in [1.807, 2.05) is 6.07 Å².